The molecule has 0 aliphatic carbocycles. The number of alkyl halides is 3. The number of aryl methyl sites for hydroxylation is 1. The third-order valence-electron chi connectivity index (χ3n) is 4.39. The lowest BCUT2D eigenvalue weighted by molar-refractivity contribution is -0.137. The number of piperazine rings is 1. The third-order valence-corrected chi connectivity index (χ3v) is 5.21. The number of carbonyl (C=O) groups excluding carboxylic acids is 1. The molecule has 1 aromatic heterocycles. The zero-order valence-corrected chi connectivity index (χ0v) is 15.7. The lowest BCUT2D eigenvalue weighted by Gasteiger charge is -2.33. The Labute approximate surface area is 159 Å². The lowest BCUT2D eigenvalue weighted by atomic mass is 10.1. The van der Waals surface area contributed by atoms with Crippen molar-refractivity contribution in [2.45, 2.75) is 19.6 Å². The molecule has 4 nitrogen and oxygen atoms in total. The van der Waals surface area contributed by atoms with Crippen LogP contribution in [0.25, 0.3) is 6.08 Å². The van der Waals surface area contributed by atoms with Crippen molar-refractivity contribution in [1.29, 1.82) is 0 Å². The largest absolute Gasteiger partial charge is 0.416 e. The van der Waals surface area contributed by atoms with Gasteiger partial charge in [0.25, 0.3) is 0 Å². The Balaban J connectivity index is 1.49. The summed E-state index contributed by atoms with van der Waals surface area (Å²) in [7, 11) is 0. The highest BCUT2D eigenvalue weighted by Gasteiger charge is 2.29. The van der Waals surface area contributed by atoms with Crippen molar-refractivity contribution in [1.82, 2.24) is 14.8 Å². The second-order valence-corrected chi connectivity index (χ2v) is 7.47. The van der Waals surface area contributed by atoms with Crippen molar-refractivity contribution in [2.24, 2.45) is 0 Å². The predicted octanol–water partition coefficient (Wildman–Crippen LogP) is 3.83. The second kappa shape index (κ2) is 8.22. The maximum absolute atomic E-state index is 12.6. The first kappa shape index (κ1) is 19.6. The summed E-state index contributed by atoms with van der Waals surface area (Å²) in [5.74, 6) is -0.126. The molecule has 2 aromatic rings. The van der Waals surface area contributed by atoms with Gasteiger partial charge in [0.2, 0.25) is 5.91 Å². The molecule has 1 aliphatic rings. The van der Waals surface area contributed by atoms with E-state index in [4.69, 9.17) is 0 Å². The highest BCUT2D eigenvalue weighted by molar-refractivity contribution is 7.09. The van der Waals surface area contributed by atoms with Crippen LogP contribution in [0.2, 0.25) is 0 Å². The molecule has 0 radical (unpaired) electrons. The molecule has 0 atom stereocenters. The highest BCUT2D eigenvalue weighted by Crippen LogP contribution is 2.29. The summed E-state index contributed by atoms with van der Waals surface area (Å²) >= 11 is 1.63. The van der Waals surface area contributed by atoms with Gasteiger partial charge in [-0.1, -0.05) is 12.1 Å². The minimum absolute atomic E-state index is 0.126. The van der Waals surface area contributed by atoms with E-state index < -0.39 is 11.7 Å². The van der Waals surface area contributed by atoms with E-state index in [1.807, 2.05) is 6.92 Å². The van der Waals surface area contributed by atoms with Crippen LogP contribution in [0.3, 0.4) is 0 Å². The molecule has 1 amide bonds. The van der Waals surface area contributed by atoms with Gasteiger partial charge in [-0.05, 0) is 30.7 Å². The van der Waals surface area contributed by atoms with Crippen LogP contribution in [-0.4, -0.2) is 46.9 Å². The first-order valence-electron chi connectivity index (χ1n) is 8.59. The molecule has 144 valence electrons. The molecule has 0 spiro atoms. The van der Waals surface area contributed by atoms with E-state index in [1.54, 1.807) is 22.3 Å². The molecule has 1 aromatic carbocycles. The van der Waals surface area contributed by atoms with Crippen molar-refractivity contribution >= 4 is 23.3 Å². The van der Waals surface area contributed by atoms with Gasteiger partial charge in [-0.2, -0.15) is 13.2 Å². The van der Waals surface area contributed by atoms with Gasteiger partial charge in [0.05, 0.1) is 16.3 Å². The van der Waals surface area contributed by atoms with Crippen LogP contribution in [0, 0.1) is 6.92 Å². The van der Waals surface area contributed by atoms with Gasteiger partial charge in [-0.15, -0.1) is 11.3 Å². The molecule has 1 saturated heterocycles. The smallest absolute Gasteiger partial charge is 0.337 e. The Hall–Kier alpha value is -2.19. The summed E-state index contributed by atoms with van der Waals surface area (Å²) in [6, 6.07) is 4.76. The fraction of sp³-hybridized carbons (Fsp3) is 0.368. The summed E-state index contributed by atoms with van der Waals surface area (Å²) < 4.78 is 37.7. The van der Waals surface area contributed by atoms with Crippen molar-refractivity contribution in [3.63, 3.8) is 0 Å². The zero-order chi connectivity index (χ0) is 19.4. The molecule has 0 bridgehead atoms. The summed E-state index contributed by atoms with van der Waals surface area (Å²) in [6.07, 6.45) is -1.38. The molecule has 0 unspecified atom stereocenters. The average Bonchev–Trinajstić information content (AvgIpc) is 3.04. The first-order chi connectivity index (χ1) is 12.8. The molecule has 0 saturated carbocycles. The minimum atomic E-state index is -4.35. The van der Waals surface area contributed by atoms with Crippen LogP contribution < -0.4 is 0 Å². The van der Waals surface area contributed by atoms with E-state index in [0.717, 1.165) is 42.5 Å². The highest BCUT2D eigenvalue weighted by atomic mass is 32.1. The summed E-state index contributed by atoms with van der Waals surface area (Å²) in [5, 5.41) is 3.10. The normalized spacial score (nSPS) is 16.2. The second-order valence-electron chi connectivity index (χ2n) is 6.41. The van der Waals surface area contributed by atoms with Crippen LogP contribution in [0.4, 0.5) is 13.2 Å². The van der Waals surface area contributed by atoms with E-state index in [1.165, 1.54) is 18.2 Å². The number of aromatic nitrogens is 1. The van der Waals surface area contributed by atoms with Crippen molar-refractivity contribution in [2.75, 3.05) is 26.2 Å². The number of hydrogen-bond donors (Lipinski definition) is 0. The van der Waals surface area contributed by atoms with Crippen LogP contribution in [0.1, 0.15) is 21.8 Å². The van der Waals surface area contributed by atoms with E-state index in [2.05, 4.69) is 15.3 Å². The quantitative estimate of drug-likeness (QED) is 0.739. The first-order valence-corrected chi connectivity index (χ1v) is 9.47. The molecule has 1 aliphatic heterocycles. The predicted molar refractivity (Wildman–Crippen MR) is 99.2 cm³/mol. The number of thiazole rings is 1. The van der Waals surface area contributed by atoms with Gasteiger partial charge in [0.15, 0.2) is 0 Å². The maximum Gasteiger partial charge on any atom is 0.416 e. The SMILES string of the molecule is Cc1nc(CN2CCN(C(=O)/C=C/c3ccc(C(F)(F)F)cc3)CC2)cs1. The standard InChI is InChI=1S/C19H20F3N3OS/c1-14-23-17(13-27-14)12-24-8-10-25(11-9-24)18(26)7-4-15-2-5-16(6-3-15)19(20,21)22/h2-7,13H,8-12H2,1H3/b7-4+. The Bertz CT molecular complexity index is 806. The molecule has 27 heavy (non-hydrogen) atoms. The molecule has 3 rings (SSSR count). The fourth-order valence-corrected chi connectivity index (χ4v) is 3.50. The van der Waals surface area contributed by atoms with Gasteiger partial charge in [-0.3, -0.25) is 9.69 Å². The van der Waals surface area contributed by atoms with E-state index in [-0.39, 0.29) is 5.91 Å². The third kappa shape index (κ3) is 5.40. The Morgan fingerprint density at radius 2 is 1.85 bits per heavy atom. The van der Waals surface area contributed by atoms with Crippen molar-refractivity contribution in [3.05, 3.63) is 57.6 Å². The number of rotatable bonds is 4. The number of carbonyl (C=O) groups is 1. The summed E-state index contributed by atoms with van der Waals surface area (Å²) in [6.45, 7) is 5.56. The Morgan fingerprint density at radius 1 is 1.19 bits per heavy atom. The van der Waals surface area contributed by atoms with Gasteiger partial charge in [-0.25, -0.2) is 4.98 Å². The minimum Gasteiger partial charge on any atom is -0.337 e. The molecule has 1 fully saturated rings. The maximum atomic E-state index is 12.6. The van der Waals surface area contributed by atoms with Gasteiger partial charge in [0.1, 0.15) is 0 Å². The summed E-state index contributed by atoms with van der Waals surface area (Å²) in [5.41, 5.74) is 0.922. The molecular formula is C19H20F3N3OS. The Morgan fingerprint density at radius 3 is 2.41 bits per heavy atom. The molecule has 2 heterocycles. The zero-order valence-electron chi connectivity index (χ0n) is 14.9. The fourth-order valence-electron chi connectivity index (χ4n) is 2.89. The van der Waals surface area contributed by atoms with Crippen LogP contribution in [0.5, 0.6) is 0 Å². The van der Waals surface area contributed by atoms with Crippen LogP contribution in [-0.2, 0) is 17.5 Å². The Kier molecular flexibility index (Phi) is 5.96. The topological polar surface area (TPSA) is 36.4 Å². The van der Waals surface area contributed by atoms with Crippen molar-refractivity contribution in [3.8, 4) is 0 Å². The summed E-state index contributed by atoms with van der Waals surface area (Å²) in [4.78, 5) is 20.8. The van der Waals surface area contributed by atoms with E-state index in [0.29, 0.717) is 18.7 Å². The van der Waals surface area contributed by atoms with Gasteiger partial charge < -0.3 is 4.90 Å². The molecule has 8 heteroatoms. The monoisotopic (exact) mass is 395 g/mol. The number of hydrogen-bond acceptors (Lipinski definition) is 4. The number of amides is 1. The van der Waals surface area contributed by atoms with Gasteiger partial charge in [0, 0.05) is 44.2 Å². The molecular weight excluding hydrogens is 375 g/mol. The number of halogens is 3. The van der Waals surface area contributed by atoms with Crippen LogP contribution >= 0.6 is 11.3 Å². The van der Waals surface area contributed by atoms with Gasteiger partial charge >= 0.3 is 6.18 Å². The van der Waals surface area contributed by atoms with E-state index >= 15 is 0 Å². The average molecular weight is 395 g/mol. The van der Waals surface area contributed by atoms with E-state index in [9.17, 15) is 18.0 Å². The lowest BCUT2D eigenvalue weighted by Crippen LogP contribution is -2.47. The van der Waals surface area contributed by atoms with Crippen molar-refractivity contribution < 1.29 is 18.0 Å². The molecule has 0 N–H and O–H groups in total. The van der Waals surface area contributed by atoms with Crippen LogP contribution in [0.15, 0.2) is 35.7 Å². The number of nitrogens with zero attached hydrogens (tertiary/aromatic N) is 3. The number of benzene rings is 1.